The average molecular weight is 219 g/mol. The van der Waals surface area contributed by atoms with Crippen LogP contribution in [-0.4, -0.2) is 26.5 Å². The highest BCUT2D eigenvalue weighted by atomic mass is 16.4. The number of carbonyl (C=O) groups is 1. The van der Waals surface area contributed by atoms with Gasteiger partial charge in [0.25, 0.3) is 0 Å². The summed E-state index contributed by atoms with van der Waals surface area (Å²) in [5.41, 5.74) is 2.10. The number of fused-ring (bicyclic) bond motifs is 1. The van der Waals surface area contributed by atoms with Gasteiger partial charge in [0.1, 0.15) is 11.0 Å². The lowest BCUT2D eigenvalue weighted by Crippen LogP contribution is -2.21. The van der Waals surface area contributed by atoms with Crippen LogP contribution < -0.4 is 0 Å². The van der Waals surface area contributed by atoms with E-state index in [2.05, 4.69) is 15.4 Å². The smallest absolute Gasteiger partial charge is 0.304 e. The monoisotopic (exact) mass is 219 g/mol. The Kier molecular flexibility index (Phi) is 2.38. The maximum absolute atomic E-state index is 10.8. The number of aromatic nitrogens is 3. The van der Waals surface area contributed by atoms with E-state index < -0.39 is 11.4 Å². The fourth-order valence-electron chi connectivity index (χ4n) is 1.74. The molecule has 0 aliphatic heterocycles. The van der Waals surface area contributed by atoms with Crippen LogP contribution in [-0.2, 0) is 10.2 Å². The van der Waals surface area contributed by atoms with Crippen molar-refractivity contribution >= 4 is 17.0 Å². The number of carboxylic acid groups (broad SMARTS) is 1. The molecule has 2 N–H and O–H groups in total. The summed E-state index contributed by atoms with van der Waals surface area (Å²) in [6.45, 7) is 3.81. The molecule has 2 rings (SSSR count). The summed E-state index contributed by atoms with van der Waals surface area (Å²) < 4.78 is 0. The minimum atomic E-state index is -0.801. The molecule has 1 heterocycles. The predicted molar refractivity (Wildman–Crippen MR) is 59.2 cm³/mol. The number of rotatable bonds is 3. The molecule has 0 aliphatic carbocycles. The highest BCUT2D eigenvalue weighted by Gasteiger charge is 2.24. The second-order valence-corrected chi connectivity index (χ2v) is 4.48. The van der Waals surface area contributed by atoms with Crippen LogP contribution in [0.3, 0.4) is 0 Å². The van der Waals surface area contributed by atoms with Crippen LogP contribution in [0.4, 0.5) is 0 Å². The third-order valence-electron chi connectivity index (χ3n) is 2.69. The Labute approximate surface area is 92.5 Å². The third kappa shape index (κ3) is 1.88. The lowest BCUT2D eigenvalue weighted by Gasteiger charge is -2.22. The van der Waals surface area contributed by atoms with Crippen molar-refractivity contribution in [3.05, 3.63) is 23.8 Å². The van der Waals surface area contributed by atoms with Crippen LogP contribution in [0.25, 0.3) is 11.0 Å². The Morgan fingerprint density at radius 3 is 2.75 bits per heavy atom. The predicted octanol–water partition coefficient (Wildman–Crippen LogP) is 1.71. The summed E-state index contributed by atoms with van der Waals surface area (Å²) >= 11 is 0. The fraction of sp³-hybridized carbons (Fsp3) is 0.364. The van der Waals surface area contributed by atoms with Gasteiger partial charge in [0, 0.05) is 5.41 Å². The van der Waals surface area contributed by atoms with Crippen molar-refractivity contribution in [1.82, 2.24) is 15.4 Å². The second kappa shape index (κ2) is 3.59. The SMILES string of the molecule is CC(C)(CC(=O)O)c1ccc2n[nH]nc2c1. The molecule has 0 radical (unpaired) electrons. The Hall–Kier alpha value is -1.91. The summed E-state index contributed by atoms with van der Waals surface area (Å²) in [5, 5.41) is 19.3. The molecule has 5 heteroatoms. The van der Waals surface area contributed by atoms with E-state index in [0.717, 1.165) is 16.6 Å². The number of H-pyrrole nitrogens is 1. The first-order chi connectivity index (χ1) is 7.49. The summed E-state index contributed by atoms with van der Waals surface area (Å²) in [7, 11) is 0. The van der Waals surface area contributed by atoms with Crippen molar-refractivity contribution in [2.45, 2.75) is 25.7 Å². The molecule has 0 amide bonds. The minimum Gasteiger partial charge on any atom is -0.481 e. The zero-order valence-corrected chi connectivity index (χ0v) is 9.19. The molecule has 5 nitrogen and oxygen atoms in total. The second-order valence-electron chi connectivity index (χ2n) is 4.48. The number of hydrogen-bond acceptors (Lipinski definition) is 3. The van der Waals surface area contributed by atoms with Gasteiger partial charge in [0.05, 0.1) is 6.42 Å². The maximum Gasteiger partial charge on any atom is 0.304 e. The van der Waals surface area contributed by atoms with Crippen LogP contribution in [0, 0.1) is 0 Å². The van der Waals surface area contributed by atoms with Crippen molar-refractivity contribution in [3.8, 4) is 0 Å². The van der Waals surface area contributed by atoms with E-state index in [1.807, 2.05) is 32.0 Å². The number of carboxylic acids is 1. The molecule has 1 aromatic carbocycles. The first kappa shape index (κ1) is 10.6. The van der Waals surface area contributed by atoms with E-state index in [9.17, 15) is 4.79 Å². The van der Waals surface area contributed by atoms with Crippen molar-refractivity contribution in [2.24, 2.45) is 0 Å². The van der Waals surface area contributed by atoms with E-state index in [0.29, 0.717) is 0 Å². The minimum absolute atomic E-state index is 0.0936. The van der Waals surface area contributed by atoms with Gasteiger partial charge in [0.2, 0.25) is 0 Å². The lowest BCUT2D eigenvalue weighted by molar-refractivity contribution is -0.138. The molecule has 0 saturated carbocycles. The number of hydrogen-bond donors (Lipinski definition) is 2. The van der Waals surface area contributed by atoms with E-state index >= 15 is 0 Å². The molecule has 0 atom stereocenters. The highest BCUT2D eigenvalue weighted by molar-refractivity contribution is 5.75. The summed E-state index contributed by atoms with van der Waals surface area (Å²) in [6, 6.07) is 5.62. The molecule has 16 heavy (non-hydrogen) atoms. The number of aromatic amines is 1. The van der Waals surface area contributed by atoms with Crippen LogP contribution >= 0.6 is 0 Å². The van der Waals surface area contributed by atoms with Crippen molar-refractivity contribution in [1.29, 1.82) is 0 Å². The van der Waals surface area contributed by atoms with Gasteiger partial charge in [-0.1, -0.05) is 19.9 Å². The zero-order chi connectivity index (χ0) is 11.8. The average Bonchev–Trinajstić information content (AvgIpc) is 2.61. The molecule has 0 saturated heterocycles. The van der Waals surface area contributed by atoms with Gasteiger partial charge in [0.15, 0.2) is 0 Å². The van der Waals surface area contributed by atoms with Gasteiger partial charge in [-0.3, -0.25) is 4.79 Å². The van der Waals surface area contributed by atoms with E-state index in [1.54, 1.807) is 0 Å². The summed E-state index contributed by atoms with van der Waals surface area (Å²) in [6.07, 6.45) is 0.0936. The normalized spacial score (nSPS) is 11.9. The van der Waals surface area contributed by atoms with Crippen molar-refractivity contribution in [3.63, 3.8) is 0 Å². The van der Waals surface area contributed by atoms with E-state index in [1.165, 1.54) is 0 Å². The Bertz CT molecular complexity index is 531. The molecule has 84 valence electrons. The molecule has 0 fully saturated rings. The molecule has 0 spiro atoms. The van der Waals surface area contributed by atoms with Crippen LogP contribution in [0.1, 0.15) is 25.8 Å². The Morgan fingerprint density at radius 1 is 1.38 bits per heavy atom. The number of aliphatic carboxylic acids is 1. The van der Waals surface area contributed by atoms with Gasteiger partial charge in [-0.15, -0.1) is 0 Å². The number of benzene rings is 1. The molecule has 1 aromatic heterocycles. The number of nitrogens with zero attached hydrogens (tertiary/aromatic N) is 2. The maximum atomic E-state index is 10.8. The summed E-state index contributed by atoms with van der Waals surface area (Å²) in [5.74, 6) is -0.801. The van der Waals surface area contributed by atoms with Crippen LogP contribution in [0.5, 0.6) is 0 Å². The molecule has 0 unspecified atom stereocenters. The fourth-order valence-corrected chi connectivity index (χ4v) is 1.74. The van der Waals surface area contributed by atoms with E-state index in [4.69, 9.17) is 5.11 Å². The Balaban J connectivity index is 2.41. The quantitative estimate of drug-likeness (QED) is 0.823. The molecule has 0 aliphatic rings. The van der Waals surface area contributed by atoms with E-state index in [-0.39, 0.29) is 6.42 Å². The zero-order valence-electron chi connectivity index (χ0n) is 9.19. The van der Waals surface area contributed by atoms with Gasteiger partial charge >= 0.3 is 5.97 Å². The van der Waals surface area contributed by atoms with Gasteiger partial charge < -0.3 is 5.11 Å². The summed E-state index contributed by atoms with van der Waals surface area (Å²) in [4.78, 5) is 10.8. The third-order valence-corrected chi connectivity index (χ3v) is 2.69. The van der Waals surface area contributed by atoms with Gasteiger partial charge in [-0.2, -0.15) is 15.4 Å². The first-order valence-electron chi connectivity index (χ1n) is 5.02. The first-order valence-corrected chi connectivity index (χ1v) is 5.02. The molecular weight excluding hydrogens is 206 g/mol. The molecular formula is C11H13N3O2. The molecule has 2 aromatic rings. The van der Waals surface area contributed by atoms with Crippen LogP contribution in [0.2, 0.25) is 0 Å². The van der Waals surface area contributed by atoms with Crippen molar-refractivity contribution < 1.29 is 9.90 Å². The lowest BCUT2D eigenvalue weighted by atomic mass is 9.81. The van der Waals surface area contributed by atoms with Gasteiger partial charge in [-0.25, -0.2) is 0 Å². The highest BCUT2D eigenvalue weighted by Crippen LogP contribution is 2.28. The van der Waals surface area contributed by atoms with Crippen LogP contribution in [0.15, 0.2) is 18.2 Å². The van der Waals surface area contributed by atoms with Crippen molar-refractivity contribution in [2.75, 3.05) is 0 Å². The Morgan fingerprint density at radius 2 is 2.06 bits per heavy atom. The van der Waals surface area contributed by atoms with Gasteiger partial charge in [-0.05, 0) is 17.7 Å². The number of nitrogens with one attached hydrogen (secondary N) is 1. The molecule has 0 bridgehead atoms. The largest absolute Gasteiger partial charge is 0.481 e. The standard InChI is InChI=1S/C11H13N3O2/c1-11(2,6-10(15)16)7-3-4-8-9(5-7)13-14-12-8/h3-5H,6H2,1-2H3,(H,15,16)(H,12,13,14). The topological polar surface area (TPSA) is 78.9 Å².